The zero-order valence-corrected chi connectivity index (χ0v) is 13.8. The van der Waals surface area contributed by atoms with Gasteiger partial charge in [-0.1, -0.05) is 12.1 Å². The Morgan fingerprint density at radius 3 is 2.30 bits per heavy atom. The Kier molecular flexibility index (Phi) is 4.38. The minimum absolute atomic E-state index is 0.0653. The second kappa shape index (κ2) is 5.58. The van der Waals surface area contributed by atoms with E-state index < -0.39 is 10.8 Å². The van der Waals surface area contributed by atoms with Gasteiger partial charge in [0.1, 0.15) is 0 Å². The topological polar surface area (TPSA) is 38.3 Å². The van der Waals surface area contributed by atoms with Crippen LogP contribution in [0.1, 0.15) is 39.7 Å². The second-order valence-electron chi connectivity index (χ2n) is 6.70. The molecule has 2 rings (SSSR count). The number of ether oxygens (including phenoxy) is 1. The first kappa shape index (κ1) is 15.7. The van der Waals surface area contributed by atoms with Crippen molar-refractivity contribution in [3.63, 3.8) is 0 Å². The van der Waals surface area contributed by atoms with Crippen LogP contribution in [0.5, 0.6) is 0 Å². The van der Waals surface area contributed by atoms with E-state index in [0.29, 0.717) is 6.04 Å². The summed E-state index contributed by atoms with van der Waals surface area (Å²) in [5.41, 5.74) is 0.998. The molecule has 0 radical (unpaired) electrons. The molecule has 0 saturated carbocycles. The van der Waals surface area contributed by atoms with Gasteiger partial charge >= 0.3 is 0 Å². The highest BCUT2D eigenvalue weighted by atomic mass is 32.2. The predicted molar refractivity (Wildman–Crippen MR) is 83.3 cm³/mol. The van der Waals surface area contributed by atoms with Crippen LogP contribution < -0.4 is 5.32 Å². The van der Waals surface area contributed by atoms with Crippen LogP contribution in [0.25, 0.3) is 0 Å². The normalized spacial score (nSPS) is 25.6. The highest BCUT2D eigenvalue weighted by Crippen LogP contribution is 2.37. The minimum Gasteiger partial charge on any atom is -0.368 e. The molecule has 0 spiro atoms. The summed E-state index contributed by atoms with van der Waals surface area (Å²) >= 11 is 0. The molecular weight excluding hydrogens is 270 g/mol. The van der Waals surface area contributed by atoms with Gasteiger partial charge in [0.25, 0.3) is 0 Å². The third kappa shape index (κ3) is 3.68. The molecule has 0 aromatic heterocycles. The van der Waals surface area contributed by atoms with E-state index in [1.165, 1.54) is 5.56 Å². The quantitative estimate of drug-likeness (QED) is 0.928. The maximum Gasteiger partial charge on any atom is 0.0787 e. The summed E-state index contributed by atoms with van der Waals surface area (Å²) in [5.74, 6) is 0. The zero-order valence-electron chi connectivity index (χ0n) is 13.0. The fourth-order valence-corrected chi connectivity index (χ4v) is 3.44. The van der Waals surface area contributed by atoms with Crippen LogP contribution in [-0.2, 0) is 22.1 Å². The Bertz CT molecular complexity index is 494. The first-order valence-corrected chi connectivity index (χ1v) is 8.61. The van der Waals surface area contributed by atoms with E-state index in [0.717, 1.165) is 17.9 Å². The molecule has 2 unspecified atom stereocenters. The van der Waals surface area contributed by atoms with Gasteiger partial charge in [-0.05, 0) is 51.8 Å². The average Bonchev–Trinajstić information content (AvgIpc) is 2.54. The van der Waals surface area contributed by atoms with E-state index in [1.807, 2.05) is 24.3 Å². The van der Waals surface area contributed by atoms with Gasteiger partial charge in [0.15, 0.2) is 0 Å². The number of nitrogens with one attached hydrogen (secondary N) is 1. The van der Waals surface area contributed by atoms with E-state index in [9.17, 15) is 4.21 Å². The van der Waals surface area contributed by atoms with Crippen LogP contribution in [0.3, 0.4) is 0 Å². The monoisotopic (exact) mass is 295 g/mol. The summed E-state index contributed by atoms with van der Waals surface area (Å²) in [7, 11) is -0.906. The van der Waals surface area contributed by atoms with Gasteiger partial charge in [0.2, 0.25) is 0 Å². The molecule has 1 aromatic rings. The summed E-state index contributed by atoms with van der Waals surface area (Å²) in [6.45, 7) is 9.37. The summed E-state index contributed by atoms with van der Waals surface area (Å²) in [4.78, 5) is 0.874. The maximum absolute atomic E-state index is 11.4. The summed E-state index contributed by atoms with van der Waals surface area (Å²) in [6, 6.07) is 8.30. The maximum atomic E-state index is 11.4. The van der Waals surface area contributed by atoms with E-state index >= 15 is 0 Å². The third-order valence-corrected chi connectivity index (χ3v) is 4.82. The van der Waals surface area contributed by atoms with Crippen LogP contribution in [0.4, 0.5) is 0 Å². The molecular formula is C16H25NO2S. The highest BCUT2D eigenvalue weighted by Gasteiger charge is 2.45. The van der Waals surface area contributed by atoms with Crippen molar-refractivity contribution >= 4 is 10.8 Å². The van der Waals surface area contributed by atoms with Crippen molar-refractivity contribution in [2.24, 2.45) is 0 Å². The number of rotatable bonds is 4. The highest BCUT2D eigenvalue weighted by molar-refractivity contribution is 7.84. The van der Waals surface area contributed by atoms with Gasteiger partial charge < -0.3 is 10.1 Å². The zero-order chi connectivity index (χ0) is 15.0. The third-order valence-electron chi connectivity index (χ3n) is 3.88. The van der Waals surface area contributed by atoms with Gasteiger partial charge in [-0.2, -0.15) is 0 Å². The molecule has 1 N–H and O–H groups in total. The van der Waals surface area contributed by atoms with Gasteiger partial charge in [-0.15, -0.1) is 0 Å². The van der Waals surface area contributed by atoms with Crippen molar-refractivity contribution in [1.82, 2.24) is 5.32 Å². The molecule has 1 fully saturated rings. The van der Waals surface area contributed by atoms with Crippen molar-refractivity contribution in [3.05, 3.63) is 29.8 Å². The Morgan fingerprint density at radius 1 is 1.25 bits per heavy atom. The Balaban J connectivity index is 1.97. The molecule has 20 heavy (non-hydrogen) atoms. The van der Waals surface area contributed by atoms with Gasteiger partial charge in [0, 0.05) is 34.5 Å². The number of hydrogen-bond acceptors (Lipinski definition) is 3. The molecule has 0 bridgehead atoms. The van der Waals surface area contributed by atoms with Crippen molar-refractivity contribution in [2.45, 2.75) is 62.8 Å². The van der Waals surface area contributed by atoms with Crippen LogP contribution in [0.2, 0.25) is 0 Å². The molecule has 3 nitrogen and oxygen atoms in total. The average molecular weight is 295 g/mol. The second-order valence-corrected chi connectivity index (χ2v) is 8.08. The van der Waals surface area contributed by atoms with Crippen molar-refractivity contribution in [2.75, 3.05) is 6.26 Å². The first-order valence-electron chi connectivity index (χ1n) is 7.05. The molecule has 1 aliphatic rings. The Hall–Kier alpha value is -0.710. The van der Waals surface area contributed by atoms with Crippen LogP contribution in [-0.4, -0.2) is 27.7 Å². The van der Waals surface area contributed by atoms with Crippen LogP contribution >= 0.6 is 0 Å². The van der Waals surface area contributed by atoms with E-state index in [4.69, 9.17) is 4.74 Å². The molecule has 0 amide bonds. The fraction of sp³-hybridized carbons (Fsp3) is 0.625. The van der Waals surface area contributed by atoms with Crippen molar-refractivity contribution in [3.8, 4) is 0 Å². The van der Waals surface area contributed by atoms with Gasteiger partial charge in [-0.25, -0.2) is 0 Å². The largest absolute Gasteiger partial charge is 0.368 e. The molecule has 4 heteroatoms. The van der Waals surface area contributed by atoms with Gasteiger partial charge in [-0.3, -0.25) is 4.21 Å². The number of benzene rings is 1. The van der Waals surface area contributed by atoms with Crippen molar-refractivity contribution < 1.29 is 8.95 Å². The molecule has 1 saturated heterocycles. The molecule has 112 valence electrons. The van der Waals surface area contributed by atoms with E-state index in [-0.39, 0.29) is 11.2 Å². The lowest BCUT2D eigenvalue weighted by Gasteiger charge is -2.28. The standard InChI is InChI=1S/C16H25NO2S/c1-15(2)10-14(16(3,4)19-15)17-11-12-6-8-13(9-7-12)20(5)18/h6-9,14,17H,10-11H2,1-5H3. The van der Waals surface area contributed by atoms with Crippen LogP contribution in [0.15, 0.2) is 29.2 Å². The van der Waals surface area contributed by atoms with E-state index in [1.54, 1.807) is 6.26 Å². The molecule has 1 heterocycles. The molecule has 2 atom stereocenters. The number of hydrogen-bond donors (Lipinski definition) is 1. The van der Waals surface area contributed by atoms with Gasteiger partial charge in [0.05, 0.1) is 11.2 Å². The van der Waals surface area contributed by atoms with Crippen LogP contribution in [0, 0.1) is 0 Å². The molecule has 0 aliphatic carbocycles. The Morgan fingerprint density at radius 2 is 1.85 bits per heavy atom. The smallest absolute Gasteiger partial charge is 0.0787 e. The lowest BCUT2D eigenvalue weighted by molar-refractivity contribution is -0.0699. The summed E-state index contributed by atoms with van der Waals surface area (Å²) in [5, 5.41) is 3.59. The predicted octanol–water partition coefficient (Wildman–Crippen LogP) is 2.86. The van der Waals surface area contributed by atoms with E-state index in [2.05, 4.69) is 33.0 Å². The lowest BCUT2D eigenvalue weighted by Crippen LogP contribution is -2.42. The molecule has 1 aromatic carbocycles. The lowest BCUT2D eigenvalue weighted by atomic mass is 9.94. The Labute approximate surface area is 124 Å². The van der Waals surface area contributed by atoms with Crippen molar-refractivity contribution in [1.29, 1.82) is 0 Å². The minimum atomic E-state index is -0.906. The summed E-state index contributed by atoms with van der Waals surface area (Å²) < 4.78 is 17.4. The fourth-order valence-electron chi connectivity index (χ4n) is 2.92. The first-order chi connectivity index (χ1) is 9.20. The SMILES string of the molecule is CS(=O)c1ccc(CNC2CC(C)(C)OC2(C)C)cc1. The summed E-state index contributed by atoms with van der Waals surface area (Å²) in [6.07, 6.45) is 2.71. The molecule has 1 aliphatic heterocycles.